The van der Waals surface area contributed by atoms with Crippen LogP contribution in [0.2, 0.25) is 0 Å². The zero-order chi connectivity index (χ0) is 18.0. The Kier molecular flexibility index (Phi) is 4.18. The van der Waals surface area contributed by atoms with E-state index in [0.29, 0.717) is 11.3 Å². The number of carbonyl (C=O) groups excluding carboxylic acids is 1. The van der Waals surface area contributed by atoms with Gasteiger partial charge in [-0.1, -0.05) is 6.07 Å². The second-order valence-corrected chi connectivity index (χ2v) is 5.12. The Morgan fingerprint density at radius 1 is 1.12 bits per heavy atom. The third-order valence-corrected chi connectivity index (χ3v) is 3.30. The van der Waals surface area contributed by atoms with Crippen molar-refractivity contribution in [3.05, 3.63) is 66.1 Å². The zero-order valence-corrected chi connectivity index (χ0v) is 12.5. The number of carbonyl (C=O) groups is 1. The van der Waals surface area contributed by atoms with Gasteiger partial charge in [0.25, 0.3) is 5.91 Å². The van der Waals surface area contributed by atoms with Gasteiger partial charge in [-0.2, -0.15) is 13.2 Å². The molecule has 0 bridgehead atoms. The van der Waals surface area contributed by atoms with Crippen LogP contribution in [-0.2, 0) is 6.18 Å². The summed E-state index contributed by atoms with van der Waals surface area (Å²) in [5.41, 5.74) is -0.156. The molecule has 0 aliphatic rings. The molecule has 0 saturated heterocycles. The number of rotatable bonds is 3. The lowest BCUT2D eigenvalue weighted by Crippen LogP contribution is -2.12. The lowest BCUT2D eigenvalue weighted by Gasteiger charge is -2.06. The highest BCUT2D eigenvalue weighted by molar-refractivity contribution is 6.03. The fourth-order valence-electron chi connectivity index (χ4n) is 2.09. The van der Waals surface area contributed by atoms with Crippen molar-refractivity contribution in [1.29, 1.82) is 0 Å². The highest BCUT2D eigenvalue weighted by Crippen LogP contribution is 2.30. The van der Waals surface area contributed by atoms with E-state index in [9.17, 15) is 23.1 Å². The number of anilines is 1. The van der Waals surface area contributed by atoms with E-state index in [2.05, 4.69) is 10.3 Å². The van der Waals surface area contributed by atoms with Gasteiger partial charge in [-0.15, -0.1) is 0 Å². The van der Waals surface area contributed by atoms with Crippen LogP contribution in [0.5, 0.6) is 5.75 Å². The molecule has 3 aromatic rings. The number of hydrogen-bond donors (Lipinski definition) is 2. The Morgan fingerprint density at radius 3 is 2.48 bits per heavy atom. The van der Waals surface area contributed by atoms with E-state index < -0.39 is 17.6 Å². The largest absolute Gasteiger partial charge is 0.508 e. The molecule has 2 N–H and O–H groups in total. The first-order valence-corrected chi connectivity index (χ1v) is 7.06. The van der Waals surface area contributed by atoms with Crippen molar-refractivity contribution in [3.8, 4) is 17.2 Å². The van der Waals surface area contributed by atoms with Gasteiger partial charge >= 0.3 is 6.18 Å². The summed E-state index contributed by atoms with van der Waals surface area (Å²) >= 11 is 0. The summed E-state index contributed by atoms with van der Waals surface area (Å²) in [7, 11) is 0. The Balaban J connectivity index is 1.76. The van der Waals surface area contributed by atoms with Crippen LogP contribution in [0, 0.1) is 0 Å². The molecular formula is C17H11F3N2O3. The highest BCUT2D eigenvalue weighted by atomic mass is 19.4. The Morgan fingerprint density at radius 2 is 1.84 bits per heavy atom. The summed E-state index contributed by atoms with van der Waals surface area (Å²) in [4.78, 5) is 16.1. The molecule has 0 atom stereocenters. The summed E-state index contributed by atoms with van der Waals surface area (Å²) in [6.45, 7) is 0. The number of aromatic hydroxyl groups is 1. The average Bonchev–Trinajstić information content (AvgIpc) is 3.04. The zero-order valence-electron chi connectivity index (χ0n) is 12.5. The molecule has 1 aromatic heterocycles. The fraction of sp³-hybridized carbons (Fsp3) is 0.0588. The van der Waals surface area contributed by atoms with Crippen LogP contribution in [0.4, 0.5) is 18.9 Å². The highest BCUT2D eigenvalue weighted by Gasteiger charge is 2.30. The second-order valence-electron chi connectivity index (χ2n) is 5.12. The molecule has 25 heavy (non-hydrogen) atoms. The summed E-state index contributed by atoms with van der Waals surface area (Å²) in [5, 5.41) is 11.9. The number of benzene rings is 2. The van der Waals surface area contributed by atoms with Gasteiger partial charge in [0, 0.05) is 17.3 Å². The van der Waals surface area contributed by atoms with Crippen LogP contribution in [-0.4, -0.2) is 16.0 Å². The normalized spacial score (nSPS) is 11.3. The first-order valence-electron chi connectivity index (χ1n) is 7.06. The average molecular weight is 348 g/mol. The standard InChI is InChI=1S/C17H11F3N2O3/c18-17(19,20)11-6-4-10(5-7-11)16-22-14(9-25-16)15(24)21-12-2-1-3-13(23)8-12/h1-9,23H,(H,21,24). The summed E-state index contributed by atoms with van der Waals surface area (Å²) < 4.78 is 42.8. The van der Waals surface area contributed by atoms with Crippen LogP contribution in [0.3, 0.4) is 0 Å². The molecule has 0 aliphatic heterocycles. The first-order chi connectivity index (χ1) is 11.8. The summed E-state index contributed by atoms with van der Waals surface area (Å²) in [6, 6.07) is 10.2. The minimum atomic E-state index is -4.43. The maximum atomic E-state index is 12.6. The van der Waals surface area contributed by atoms with Gasteiger partial charge in [-0.05, 0) is 36.4 Å². The van der Waals surface area contributed by atoms with Crippen LogP contribution in [0.15, 0.2) is 59.2 Å². The van der Waals surface area contributed by atoms with Crippen molar-refractivity contribution in [1.82, 2.24) is 4.98 Å². The van der Waals surface area contributed by atoms with Gasteiger partial charge in [-0.25, -0.2) is 4.98 Å². The SMILES string of the molecule is O=C(Nc1cccc(O)c1)c1coc(-c2ccc(C(F)(F)F)cc2)n1. The van der Waals surface area contributed by atoms with E-state index >= 15 is 0 Å². The van der Waals surface area contributed by atoms with E-state index in [1.165, 1.54) is 24.3 Å². The molecule has 0 radical (unpaired) electrons. The monoisotopic (exact) mass is 348 g/mol. The minimum Gasteiger partial charge on any atom is -0.508 e. The van der Waals surface area contributed by atoms with Crippen molar-refractivity contribution in [2.24, 2.45) is 0 Å². The van der Waals surface area contributed by atoms with Crippen LogP contribution in [0.25, 0.3) is 11.5 Å². The van der Waals surface area contributed by atoms with Crippen molar-refractivity contribution in [2.75, 3.05) is 5.32 Å². The van der Waals surface area contributed by atoms with Crippen LogP contribution < -0.4 is 5.32 Å². The number of amides is 1. The van der Waals surface area contributed by atoms with E-state index in [0.717, 1.165) is 18.4 Å². The predicted molar refractivity (Wildman–Crippen MR) is 83.0 cm³/mol. The maximum absolute atomic E-state index is 12.6. The smallest absolute Gasteiger partial charge is 0.416 e. The molecule has 0 aliphatic carbocycles. The lowest BCUT2D eigenvalue weighted by molar-refractivity contribution is -0.137. The summed E-state index contributed by atoms with van der Waals surface area (Å²) in [6.07, 6.45) is -3.33. The first kappa shape index (κ1) is 16.6. The third-order valence-electron chi connectivity index (χ3n) is 3.30. The van der Waals surface area contributed by atoms with Crippen molar-refractivity contribution in [3.63, 3.8) is 0 Å². The molecule has 1 heterocycles. The maximum Gasteiger partial charge on any atom is 0.416 e. The van der Waals surface area contributed by atoms with E-state index in [1.807, 2.05) is 0 Å². The molecule has 8 heteroatoms. The molecular weight excluding hydrogens is 337 g/mol. The molecule has 0 spiro atoms. The number of phenols is 1. The molecule has 3 rings (SSSR count). The van der Waals surface area contributed by atoms with Gasteiger partial charge < -0.3 is 14.8 Å². The summed E-state index contributed by atoms with van der Waals surface area (Å²) in [5.74, 6) is -0.564. The molecule has 0 saturated carbocycles. The Hall–Kier alpha value is -3.29. The lowest BCUT2D eigenvalue weighted by atomic mass is 10.1. The third kappa shape index (κ3) is 3.79. The van der Waals surface area contributed by atoms with Gasteiger partial charge in [0.2, 0.25) is 5.89 Å². The number of alkyl halides is 3. The van der Waals surface area contributed by atoms with E-state index in [-0.39, 0.29) is 17.3 Å². The Labute approximate surface area is 139 Å². The number of nitrogens with zero attached hydrogens (tertiary/aromatic N) is 1. The molecule has 1 amide bonds. The van der Waals surface area contributed by atoms with Crippen molar-refractivity contribution in [2.45, 2.75) is 6.18 Å². The minimum absolute atomic E-state index is 0.0107. The number of oxazole rings is 1. The fourth-order valence-corrected chi connectivity index (χ4v) is 2.09. The number of hydrogen-bond acceptors (Lipinski definition) is 4. The molecule has 0 fully saturated rings. The number of phenolic OH excluding ortho intramolecular Hbond substituents is 1. The van der Waals surface area contributed by atoms with Gasteiger partial charge in [0.1, 0.15) is 12.0 Å². The van der Waals surface area contributed by atoms with Crippen LogP contribution in [0.1, 0.15) is 16.1 Å². The van der Waals surface area contributed by atoms with E-state index in [4.69, 9.17) is 4.42 Å². The van der Waals surface area contributed by atoms with Crippen molar-refractivity contribution >= 4 is 11.6 Å². The number of nitrogens with one attached hydrogen (secondary N) is 1. The predicted octanol–water partition coefficient (Wildman–Crippen LogP) is 4.32. The quantitative estimate of drug-likeness (QED) is 0.739. The molecule has 128 valence electrons. The Bertz CT molecular complexity index is 902. The van der Waals surface area contributed by atoms with Crippen molar-refractivity contribution < 1.29 is 27.5 Å². The second kappa shape index (κ2) is 6.31. The van der Waals surface area contributed by atoms with Crippen LogP contribution >= 0.6 is 0 Å². The van der Waals surface area contributed by atoms with E-state index in [1.54, 1.807) is 12.1 Å². The number of aromatic nitrogens is 1. The topological polar surface area (TPSA) is 75.4 Å². The van der Waals surface area contributed by atoms with Gasteiger partial charge in [0.15, 0.2) is 5.69 Å². The molecule has 2 aromatic carbocycles. The molecule has 5 nitrogen and oxygen atoms in total. The molecule has 0 unspecified atom stereocenters. The number of halogens is 3. The van der Waals surface area contributed by atoms with Gasteiger partial charge in [-0.3, -0.25) is 4.79 Å². The van der Waals surface area contributed by atoms with Gasteiger partial charge in [0.05, 0.1) is 5.56 Å².